The van der Waals surface area contributed by atoms with E-state index < -0.39 is 5.97 Å². The van der Waals surface area contributed by atoms with Crippen molar-refractivity contribution >= 4 is 28.6 Å². The molecule has 0 aliphatic heterocycles. The zero-order valence-corrected chi connectivity index (χ0v) is 12.7. The van der Waals surface area contributed by atoms with E-state index in [-0.39, 0.29) is 0 Å². The van der Waals surface area contributed by atoms with Crippen LogP contribution in [0.4, 0.5) is 0 Å². The molecule has 4 nitrogen and oxygen atoms in total. The number of carbonyl (C=O) groups is 1. The highest BCUT2D eigenvalue weighted by atomic mass is 127. The fourth-order valence-electron chi connectivity index (χ4n) is 1.65. The summed E-state index contributed by atoms with van der Waals surface area (Å²) in [5.41, 5.74) is 2.24. The quantitative estimate of drug-likeness (QED) is 0.616. The molecule has 0 aliphatic carbocycles. The normalized spacial score (nSPS) is 10.1. The summed E-state index contributed by atoms with van der Waals surface area (Å²) in [6, 6.07) is 9.58. The van der Waals surface area contributed by atoms with E-state index in [0.29, 0.717) is 5.69 Å². The minimum atomic E-state index is -0.429. The van der Waals surface area contributed by atoms with Crippen LogP contribution in [0.5, 0.6) is 5.75 Å². The number of ether oxygens (including phenoxy) is 2. The average Bonchev–Trinajstić information content (AvgIpc) is 2.46. The Balaban J connectivity index is 2.41. The van der Waals surface area contributed by atoms with Crippen molar-refractivity contribution in [2.24, 2.45) is 0 Å². The van der Waals surface area contributed by atoms with Crippen LogP contribution in [0, 0.1) is 3.57 Å². The highest BCUT2D eigenvalue weighted by Crippen LogP contribution is 2.25. The Morgan fingerprint density at radius 2 is 2.00 bits per heavy atom. The van der Waals surface area contributed by atoms with Gasteiger partial charge in [-0.2, -0.15) is 0 Å². The van der Waals surface area contributed by atoms with Gasteiger partial charge in [-0.3, -0.25) is 0 Å². The maximum Gasteiger partial charge on any atom is 0.357 e. The number of methoxy groups -OCH3 is 2. The number of pyridine rings is 1. The molecule has 0 N–H and O–H groups in total. The molecular formula is C14H12INO3. The summed E-state index contributed by atoms with van der Waals surface area (Å²) in [6.45, 7) is 0. The molecule has 0 bridgehead atoms. The molecule has 2 rings (SSSR count). The molecule has 0 saturated heterocycles. The monoisotopic (exact) mass is 369 g/mol. The minimum Gasteiger partial charge on any atom is -0.497 e. The second kappa shape index (κ2) is 6.01. The Morgan fingerprint density at radius 1 is 1.21 bits per heavy atom. The molecule has 0 spiro atoms. The SMILES string of the molecule is COC(=O)c1ncc(-c2cccc(OC)c2)cc1I. The molecular weight excluding hydrogens is 357 g/mol. The lowest BCUT2D eigenvalue weighted by Crippen LogP contribution is -2.06. The first-order valence-electron chi connectivity index (χ1n) is 5.54. The van der Waals surface area contributed by atoms with Crippen molar-refractivity contribution in [3.63, 3.8) is 0 Å². The molecule has 19 heavy (non-hydrogen) atoms. The van der Waals surface area contributed by atoms with E-state index in [1.807, 2.05) is 30.3 Å². The number of halogens is 1. The number of nitrogens with zero attached hydrogens (tertiary/aromatic N) is 1. The third-order valence-corrected chi connectivity index (χ3v) is 3.45. The number of hydrogen-bond donors (Lipinski definition) is 0. The van der Waals surface area contributed by atoms with Crippen LogP contribution < -0.4 is 4.74 Å². The van der Waals surface area contributed by atoms with Crippen molar-refractivity contribution in [3.05, 3.63) is 45.8 Å². The third kappa shape index (κ3) is 3.04. The van der Waals surface area contributed by atoms with E-state index >= 15 is 0 Å². The first kappa shape index (κ1) is 13.8. The van der Waals surface area contributed by atoms with E-state index in [1.165, 1.54) is 7.11 Å². The van der Waals surface area contributed by atoms with Crippen molar-refractivity contribution in [1.82, 2.24) is 4.98 Å². The molecule has 5 heteroatoms. The van der Waals surface area contributed by atoms with E-state index in [9.17, 15) is 4.79 Å². The Bertz CT molecular complexity index is 613. The summed E-state index contributed by atoms with van der Waals surface area (Å²) in [7, 11) is 2.97. The fraction of sp³-hybridized carbons (Fsp3) is 0.143. The van der Waals surface area contributed by atoms with Gasteiger partial charge in [-0.1, -0.05) is 12.1 Å². The molecule has 98 valence electrons. The van der Waals surface area contributed by atoms with Gasteiger partial charge in [-0.05, 0) is 46.4 Å². The first-order valence-corrected chi connectivity index (χ1v) is 6.62. The molecule has 0 aliphatic rings. The molecule has 0 atom stereocenters. The van der Waals surface area contributed by atoms with Gasteiger partial charge in [0.1, 0.15) is 5.75 Å². The molecule has 1 aromatic heterocycles. The summed E-state index contributed by atoms with van der Waals surface area (Å²) in [4.78, 5) is 15.6. The van der Waals surface area contributed by atoms with Gasteiger partial charge < -0.3 is 9.47 Å². The first-order chi connectivity index (χ1) is 9.15. The van der Waals surface area contributed by atoms with Gasteiger partial charge in [0.2, 0.25) is 0 Å². The van der Waals surface area contributed by atoms with Crippen LogP contribution in [0.1, 0.15) is 10.5 Å². The predicted molar refractivity (Wildman–Crippen MR) is 80.3 cm³/mol. The number of benzene rings is 1. The maximum absolute atomic E-state index is 11.5. The number of rotatable bonds is 3. The van der Waals surface area contributed by atoms with Crippen LogP contribution in [0.15, 0.2) is 36.5 Å². The second-order valence-electron chi connectivity index (χ2n) is 3.78. The van der Waals surface area contributed by atoms with Gasteiger partial charge >= 0.3 is 5.97 Å². The lowest BCUT2D eigenvalue weighted by molar-refractivity contribution is 0.0593. The van der Waals surface area contributed by atoms with Gasteiger partial charge in [0.05, 0.1) is 14.2 Å². The molecule has 0 radical (unpaired) electrons. The van der Waals surface area contributed by atoms with Crippen LogP contribution in [0.3, 0.4) is 0 Å². The standard InChI is InChI=1S/C14H12INO3/c1-18-11-5-3-4-9(6-11)10-7-12(15)13(16-8-10)14(17)19-2/h3-8H,1-2H3. The highest BCUT2D eigenvalue weighted by molar-refractivity contribution is 14.1. The summed E-state index contributed by atoms with van der Waals surface area (Å²) in [6.07, 6.45) is 1.66. The smallest absolute Gasteiger partial charge is 0.357 e. The van der Waals surface area contributed by atoms with E-state index in [0.717, 1.165) is 20.4 Å². The van der Waals surface area contributed by atoms with Crippen molar-refractivity contribution < 1.29 is 14.3 Å². The highest BCUT2D eigenvalue weighted by Gasteiger charge is 2.13. The number of hydrogen-bond acceptors (Lipinski definition) is 4. The van der Waals surface area contributed by atoms with Crippen LogP contribution in [-0.2, 0) is 4.74 Å². The second-order valence-corrected chi connectivity index (χ2v) is 4.94. The van der Waals surface area contributed by atoms with Crippen LogP contribution in [0.25, 0.3) is 11.1 Å². The number of carbonyl (C=O) groups excluding carboxylic acids is 1. The van der Waals surface area contributed by atoms with Crippen molar-refractivity contribution in [3.8, 4) is 16.9 Å². The molecule has 0 amide bonds. The topological polar surface area (TPSA) is 48.4 Å². The van der Waals surface area contributed by atoms with E-state index in [1.54, 1.807) is 13.3 Å². The third-order valence-electron chi connectivity index (χ3n) is 2.62. The van der Waals surface area contributed by atoms with Crippen LogP contribution in [0.2, 0.25) is 0 Å². The summed E-state index contributed by atoms with van der Waals surface area (Å²) in [5, 5.41) is 0. The minimum absolute atomic E-state index is 0.328. The molecule has 1 heterocycles. The summed E-state index contributed by atoms with van der Waals surface area (Å²) in [5.74, 6) is 0.353. The van der Waals surface area contributed by atoms with Gasteiger partial charge in [-0.25, -0.2) is 9.78 Å². The van der Waals surface area contributed by atoms with Gasteiger partial charge in [0.15, 0.2) is 5.69 Å². The Morgan fingerprint density at radius 3 is 2.63 bits per heavy atom. The number of esters is 1. The predicted octanol–water partition coefficient (Wildman–Crippen LogP) is 3.15. The zero-order valence-electron chi connectivity index (χ0n) is 10.5. The van der Waals surface area contributed by atoms with Crippen molar-refractivity contribution in [2.75, 3.05) is 14.2 Å². The molecule has 0 unspecified atom stereocenters. The Labute approximate surface area is 124 Å². The number of aromatic nitrogens is 1. The lowest BCUT2D eigenvalue weighted by atomic mass is 10.1. The van der Waals surface area contributed by atoms with Gasteiger partial charge in [0, 0.05) is 15.3 Å². The van der Waals surface area contributed by atoms with Crippen LogP contribution >= 0.6 is 22.6 Å². The lowest BCUT2D eigenvalue weighted by Gasteiger charge is -2.07. The Hall–Kier alpha value is -1.63. The van der Waals surface area contributed by atoms with E-state index in [4.69, 9.17) is 4.74 Å². The van der Waals surface area contributed by atoms with Crippen molar-refractivity contribution in [1.29, 1.82) is 0 Å². The molecule has 2 aromatic rings. The molecule has 0 fully saturated rings. The summed E-state index contributed by atoms with van der Waals surface area (Å²) >= 11 is 2.07. The summed E-state index contributed by atoms with van der Waals surface area (Å²) < 4.78 is 10.6. The Kier molecular flexibility index (Phi) is 4.36. The average molecular weight is 369 g/mol. The van der Waals surface area contributed by atoms with Crippen molar-refractivity contribution in [2.45, 2.75) is 0 Å². The van der Waals surface area contributed by atoms with Crippen LogP contribution in [-0.4, -0.2) is 25.2 Å². The fourth-order valence-corrected chi connectivity index (χ4v) is 2.34. The zero-order chi connectivity index (χ0) is 13.8. The van der Waals surface area contributed by atoms with Gasteiger partial charge in [0.25, 0.3) is 0 Å². The van der Waals surface area contributed by atoms with E-state index in [2.05, 4.69) is 32.3 Å². The largest absolute Gasteiger partial charge is 0.497 e. The maximum atomic E-state index is 11.5. The molecule has 1 aromatic carbocycles. The molecule has 0 saturated carbocycles. The van der Waals surface area contributed by atoms with Gasteiger partial charge in [-0.15, -0.1) is 0 Å².